The molecule has 0 aromatic heterocycles. The summed E-state index contributed by atoms with van der Waals surface area (Å²) >= 11 is 0. The van der Waals surface area contributed by atoms with Crippen LogP contribution < -0.4 is 5.32 Å². The molecule has 4 nitrogen and oxygen atoms in total. The van der Waals surface area contributed by atoms with Crippen LogP contribution in [0, 0.1) is 5.92 Å². The van der Waals surface area contributed by atoms with Gasteiger partial charge in [-0.25, -0.2) is 0 Å². The maximum atomic E-state index is 13.0. The molecule has 1 unspecified atom stereocenters. The van der Waals surface area contributed by atoms with E-state index in [0.717, 1.165) is 43.8 Å². The van der Waals surface area contributed by atoms with Crippen LogP contribution in [0.3, 0.4) is 0 Å². The minimum atomic E-state index is -0.418. The van der Waals surface area contributed by atoms with Crippen LogP contribution in [0.2, 0.25) is 0 Å². The van der Waals surface area contributed by atoms with Gasteiger partial charge in [-0.1, -0.05) is 37.3 Å². The van der Waals surface area contributed by atoms with Crippen molar-refractivity contribution in [1.82, 2.24) is 10.2 Å². The van der Waals surface area contributed by atoms with Gasteiger partial charge in [0.15, 0.2) is 0 Å². The molecule has 25 heavy (non-hydrogen) atoms. The molecule has 2 aliphatic rings. The highest BCUT2D eigenvalue weighted by atomic mass is 16.5. The first-order chi connectivity index (χ1) is 12.2. The number of ether oxygens (including phenoxy) is 1. The minimum absolute atomic E-state index is 0.175. The molecular formula is C21H32N2O2. The lowest BCUT2D eigenvalue weighted by molar-refractivity contribution is -0.130. The average molecular weight is 344 g/mol. The van der Waals surface area contributed by atoms with E-state index in [1.54, 1.807) is 0 Å². The van der Waals surface area contributed by atoms with Crippen LogP contribution in [0.5, 0.6) is 0 Å². The highest BCUT2D eigenvalue weighted by Crippen LogP contribution is 2.35. The number of hydrogen-bond donors (Lipinski definition) is 1. The molecule has 0 radical (unpaired) electrons. The normalized spacial score (nSPS) is 24.0. The maximum Gasteiger partial charge on any atom is 0.230 e. The van der Waals surface area contributed by atoms with Crippen molar-refractivity contribution in [2.75, 3.05) is 39.4 Å². The van der Waals surface area contributed by atoms with Crippen molar-refractivity contribution >= 4 is 5.91 Å². The van der Waals surface area contributed by atoms with Crippen molar-refractivity contribution in [2.45, 2.75) is 44.4 Å². The van der Waals surface area contributed by atoms with Gasteiger partial charge < -0.3 is 15.0 Å². The zero-order valence-electron chi connectivity index (χ0n) is 15.5. The smallest absolute Gasteiger partial charge is 0.230 e. The minimum Gasteiger partial charge on any atom is -0.381 e. The van der Waals surface area contributed by atoms with Gasteiger partial charge in [0.05, 0.1) is 5.41 Å². The van der Waals surface area contributed by atoms with Crippen LogP contribution in [-0.2, 0) is 14.9 Å². The van der Waals surface area contributed by atoms with Crippen molar-refractivity contribution in [3.8, 4) is 0 Å². The number of piperidine rings is 1. The molecule has 2 fully saturated rings. The summed E-state index contributed by atoms with van der Waals surface area (Å²) < 4.78 is 5.52. The molecule has 0 bridgehead atoms. The fourth-order valence-electron chi connectivity index (χ4n) is 4.29. The molecule has 2 aliphatic heterocycles. The highest BCUT2D eigenvalue weighted by molar-refractivity contribution is 5.88. The van der Waals surface area contributed by atoms with E-state index < -0.39 is 5.41 Å². The van der Waals surface area contributed by atoms with Gasteiger partial charge in [-0.2, -0.15) is 0 Å². The first-order valence-corrected chi connectivity index (χ1v) is 9.85. The number of likely N-dealkylation sites (tertiary alicyclic amines) is 1. The number of nitrogens with one attached hydrogen (secondary N) is 1. The Kier molecular flexibility index (Phi) is 6.49. The van der Waals surface area contributed by atoms with Crippen molar-refractivity contribution in [2.24, 2.45) is 5.92 Å². The van der Waals surface area contributed by atoms with Gasteiger partial charge in [0.25, 0.3) is 0 Å². The zero-order valence-corrected chi connectivity index (χ0v) is 15.5. The largest absolute Gasteiger partial charge is 0.381 e. The van der Waals surface area contributed by atoms with E-state index in [1.807, 2.05) is 18.2 Å². The molecule has 3 rings (SSSR count). The van der Waals surface area contributed by atoms with Gasteiger partial charge in [-0.15, -0.1) is 0 Å². The Hall–Kier alpha value is -1.39. The lowest BCUT2D eigenvalue weighted by atomic mass is 9.73. The second kappa shape index (κ2) is 8.81. The number of carbonyl (C=O) groups is 1. The Bertz CT molecular complexity index is 540. The fraction of sp³-hybridized carbons (Fsp3) is 0.667. The molecule has 0 aliphatic carbocycles. The van der Waals surface area contributed by atoms with E-state index in [4.69, 9.17) is 4.74 Å². The first-order valence-electron chi connectivity index (χ1n) is 9.85. The highest BCUT2D eigenvalue weighted by Gasteiger charge is 2.41. The van der Waals surface area contributed by atoms with Crippen LogP contribution in [0.1, 0.15) is 44.6 Å². The molecule has 1 aromatic carbocycles. The lowest BCUT2D eigenvalue weighted by Crippen LogP contribution is -2.48. The van der Waals surface area contributed by atoms with Crippen molar-refractivity contribution < 1.29 is 9.53 Å². The molecule has 1 aromatic rings. The van der Waals surface area contributed by atoms with Crippen LogP contribution in [-0.4, -0.2) is 50.2 Å². The Morgan fingerprint density at radius 1 is 1.28 bits per heavy atom. The van der Waals surface area contributed by atoms with E-state index >= 15 is 0 Å². The van der Waals surface area contributed by atoms with Crippen molar-refractivity contribution in [1.29, 1.82) is 0 Å². The van der Waals surface area contributed by atoms with E-state index in [0.29, 0.717) is 13.2 Å². The van der Waals surface area contributed by atoms with E-state index in [2.05, 4.69) is 29.3 Å². The standard InChI is InChI=1S/C21H32N2O2/c1-18-7-5-13-23(17-18)14-6-12-22-20(24)21(10-15-25-16-11-21)19-8-3-2-4-9-19/h2-4,8-9,18H,5-7,10-17H2,1H3,(H,22,24). The Morgan fingerprint density at radius 2 is 2.04 bits per heavy atom. The van der Waals surface area contributed by atoms with Gasteiger partial charge >= 0.3 is 0 Å². The van der Waals surface area contributed by atoms with Crippen LogP contribution in [0.15, 0.2) is 30.3 Å². The molecule has 2 heterocycles. The molecule has 4 heteroatoms. The third-order valence-corrected chi connectivity index (χ3v) is 5.79. The number of nitrogens with zero attached hydrogens (tertiary/aromatic N) is 1. The second-order valence-corrected chi connectivity index (χ2v) is 7.72. The Labute approximate surface area is 151 Å². The number of hydrogen-bond acceptors (Lipinski definition) is 3. The average Bonchev–Trinajstić information content (AvgIpc) is 2.66. The number of carbonyl (C=O) groups excluding carboxylic acids is 1. The molecular weight excluding hydrogens is 312 g/mol. The van der Waals surface area contributed by atoms with Crippen LogP contribution in [0.4, 0.5) is 0 Å². The van der Waals surface area contributed by atoms with Gasteiger partial charge in [-0.05, 0) is 56.7 Å². The monoisotopic (exact) mass is 344 g/mol. The van der Waals surface area contributed by atoms with Crippen LogP contribution in [0.25, 0.3) is 0 Å². The summed E-state index contributed by atoms with van der Waals surface area (Å²) in [6, 6.07) is 10.2. The van der Waals surface area contributed by atoms with E-state index in [-0.39, 0.29) is 5.91 Å². The summed E-state index contributed by atoms with van der Waals surface area (Å²) in [6.45, 7) is 7.93. The second-order valence-electron chi connectivity index (χ2n) is 7.72. The third-order valence-electron chi connectivity index (χ3n) is 5.79. The lowest BCUT2D eigenvalue weighted by Gasteiger charge is -2.36. The van der Waals surface area contributed by atoms with Gasteiger partial charge in [0, 0.05) is 26.3 Å². The summed E-state index contributed by atoms with van der Waals surface area (Å²) in [5.41, 5.74) is 0.708. The number of benzene rings is 1. The molecule has 1 N–H and O–H groups in total. The van der Waals surface area contributed by atoms with Gasteiger partial charge in [0.2, 0.25) is 5.91 Å². The molecule has 1 atom stereocenters. The molecule has 0 saturated carbocycles. The third kappa shape index (κ3) is 4.62. The summed E-state index contributed by atoms with van der Waals surface area (Å²) in [6.07, 6.45) is 5.23. The first kappa shape index (κ1) is 18.4. The van der Waals surface area contributed by atoms with Crippen LogP contribution >= 0.6 is 0 Å². The summed E-state index contributed by atoms with van der Waals surface area (Å²) in [5.74, 6) is 0.987. The van der Waals surface area contributed by atoms with Gasteiger partial charge in [0.1, 0.15) is 0 Å². The van der Waals surface area contributed by atoms with E-state index in [9.17, 15) is 4.79 Å². The predicted molar refractivity (Wildman–Crippen MR) is 101 cm³/mol. The summed E-state index contributed by atoms with van der Waals surface area (Å²) in [5, 5.41) is 3.22. The Balaban J connectivity index is 1.53. The maximum absolute atomic E-state index is 13.0. The van der Waals surface area contributed by atoms with Crippen molar-refractivity contribution in [3.05, 3.63) is 35.9 Å². The SMILES string of the molecule is CC1CCCN(CCCNC(=O)C2(c3ccccc3)CCOCC2)C1. The quantitative estimate of drug-likeness (QED) is 0.807. The Morgan fingerprint density at radius 3 is 2.76 bits per heavy atom. The number of amides is 1. The van der Waals surface area contributed by atoms with E-state index in [1.165, 1.54) is 25.9 Å². The summed E-state index contributed by atoms with van der Waals surface area (Å²) in [7, 11) is 0. The molecule has 0 spiro atoms. The topological polar surface area (TPSA) is 41.6 Å². The van der Waals surface area contributed by atoms with Crippen molar-refractivity contribution in [3.63, 3.8) is 0 Å². The number of rotatable bonds is 6. The van der Waals surface area contributed by atoms with Gasteiger partial charge in [-0.3, -0.25) is 4.79 Å². The fourth-order valence-corrected chi connectivity index (χ4v) is 4.29. The molecule has 138 valence electrons. The molecule has 2 saturated heterocycles. The predicted octanol–water partition coefficient (Wildman–Crippen LogP) is 2.97. The summed E-state index contributed by atoms with van der Waals surface area (Å²) in [4.78, 5) is 15.6. The molecule has 1 amide bonds. The zero-order chi connectivity index (χ0) is 17.5.